The Morgan fingerprint density at radius 3 is 2.21 bits per heavy atom. The number of fused-ring (bicyclic) bond motifs is 1. The van der Waals surface area contributed by atoms with Gasteiger partial charge in [0.15, 0.2) is 5.72 Å². The molecule has 0 bridgehead atoms. The van der Waals surface area contributed by atoms with Crippen LogP contribution in [0.1, 0.15) is 48.0 Å². The smallest absolute Gasteiger partial charge is 0.313 e. The van der Waals surface area contributed by atoms with E-state index < -0.39 is 20.0 Å². The molecule has 2 aliphatic heterocycles. The van der Waals surface area contributed by atoms with Gasteiger partial charge in [-0.2, -0.15) is 0 Å². The first-order chi connectivity index (χ1) is 11.1. The maximum absolute atomic E-state index is 12.4. The molecule has 1 amide bonds. The molecule has 0 aliphatic carbocycles. The van der Waals surface area contributed by atoms with Gasteiger partial charge in [0.25, 0.3) is 0 Å². The Kier molecular flexibility index (Phi) is 5.30. The minimum atomic E-state index is -2.27. The Labute approximate surface area is 146 Å². The molecule has 2 atom stereocenters. The molecule has 2 aliphatic rings. The summed E-state index contributed by atoms with van der Waals surface area (Å²) in [4.78, 5) is 26.5. The molecule has 0 N–H and O–H groups in total. The topological polar surface area (TPSA) is 55.8 Å². The summed E-state index contributed by atoms with van der Waals surface area (Å²) >= 11 is 0. The number of carbonyl (C=O) groups is 2. The molecule has 6 heteroatoms. The molecule has 24 heavy (non-hydrogen) atoms. The Morgan fingerprint density at radius 2 is 1.75 bits per heavy atom. The summed E-state index contributed by atoms with van der Waals surface area (Å²) < 4.78 is 12.0. The van der Waals surface area contributed by atoms with Gasteiger partial charge < -0.3 is 14.1 Å². The molecule has 1 fully saturated rings. The van der Waals surface area contributed by atoms with Gasteiger partial charge in [0.1, 0.15) is 5.92 Å². The average Bonchev–Trinajstić information content (AvgIpc) is 3.01. The number of hydrogen-bond acceptors (Lipinski definition) is 4. The molecule has 2 rings (SSSR count). The molecule has 2 heterocycles. The average molecular weight is 354 g/mol. The third kappa shape index (κ3) is 2.64. The van der Waals surface area contributed by atoms with E-state index in [0.29, 0.717) is 29.6 Å². The molecular weight excluding hydrogens is 322 g/mol. The van der Waals surface area contributed by atoms with E-state index in [1.54, 1.807) is 17.1 Å². The van der Waals surface area contributed by atoms with E-state index in [-0.39, 0.29) is 11.9 Å². The lowest BCUT2D eigenvalue weighted by atomic mass is 9.97. The van der Waals surface area contributed by atoms with Gasteiger partial charge in [-0.1, -0.05) is 41.5 Å². The SMILES string of the molecule is COC(=O)[C@@H]1CCN2C(=O)C=C[C@]12O[Si](C(C)C)(C(C)C)C(C)C. The van der Waals surface area contributed by atoms with Gasteiger partial charge in [-0.25, -0.2) is 0 Å². The highest BCUT2D eigenvalue weighted by molar-refractivity contribution is 6.77. The lowest BCUT2D eigenvalue weighted by molar-refractivity contribution is -0.157. The number of nitrogens with zero attached hydrogens (tertiary/aromatic N) is 1. The molecule has 0 radical (unpaired) electrons. The van der Waals surface area contributed by atoms with Crippen LogP contribution in [0.25, 0.3) is 0 Å². The maximum atomic E-state index is 12.4. The van der Waals surface area contributed by atoms with E-state index in [0.717, 1.165) is 0 Å². The highest BCUT2D eigenvalue weighted by Crippen LogP contribution is 2.51. The molecule has 0 saturated carbocycles. The summed E-state index contributed by atoms with van der Waals surface area (Å²) in [7, 11) is -0.871. The second-order valence-corrected chi connectivity index (χ2v) is 13.2. The van der Waals surface area contributed by atoms with Crippen molar-refractivity contribution >= 4 is 20.2 Å². The minimum absolute atomic E-state index is 0.0689. The van der Waals surface area contributed by atoms with Crippen LogP contribution in [-0.4, -0.2) is 44.5 Å². The normalized spacial score (nSPS) is 26.8. The Balaban J connectivity index is 2.53. The van der Waals surface area contributed by atoms with Crippen LogP contribution >= 0.6 is 0 Å². The van der Waals surface area contributed by atoms with Crippen molar-refractivity contribution < 1.29 is 18.8 Å². The highest BCUT2D eigenvalue weighted by atomic mass is 28.4. The third-order valence-corrected chi connectivity index (χ3v) is 11.9. The summed E-state index contributed by atoms with van der Waals surface area (Å²) in [5.41, 5.74) is 0.153. The minimum Gasteiger partial charge on any atom is -0.469 e. The summed E-state index contributed by atoms with van der Waals surface area (Å²) in [6.07, 6.45) is 3.94. The molecular formula is C18H31NO4Si. The molecule has 5 nitrogen and oxygen atoms in total. The molecule has 1 saturated heterocycles. The van der Waals surface area contributed by atoms with Crippen LogP contribution < -0.4 is 0 Å². The van der Waals surface area contributed by atoms with E-state index in [1.165, 1.54) is 7.11 Å². The number of methoxy groups -OCH3 is 1. The predicted molar refractivity (Wildman–Crippen MR) is 95.8 cm³/mol. The quantitative estimate of drug-likeness (QED) is 0.542. The van der Waals surface area contributed by atoms with Gasteiger partial charge in [0.05, 0.1) is 7.11 Å². The van der Waals surface area contributed by atoms with Crippen molar-refractivity contribution in [1.29, 1.82) is 0 Å². The third-order valence-electron chi connectivity index (χ3n) is 5.83. The molecule has 0 spiro atoms. The molecule has 0 unspecified atom stereocenters. The Bertz CT molecular complexity index is 521. The van der Waals surface area contributed by atoms with Crippen LogP contribution in [0, 0.1) is 5.92 Å². The second-order valence-electron chi connectivity index (χ2n) is 7.86. The molecule has 136 valence electrons. The van der Waals surface area contributed by atoms with E-state index in [4.69, 9.17) is 9.16 Å². The van der Waals surface area contributed by atoms with Crippen LogP contribution in [-0.2, 0) is 18.8 Å². The zero-order valence-electron chi connectivity index (χ0n) is 16.0. The number of hydrogen-bond donors (Lipinski definition) is 0. The van der Waals surface area contributed by atoms with Crippen molar-refractivity contribution in [3.63, 3.8) is 0 Å². The van der Waals surface area contributed by atoms with Gasteiger partial charge in [0, 0.05) is 12.6 Å². The molecule has 0 aromatic heterocycles. The number of ether oxygens (including phenoxy) is 1. The van der Waals surface area contributed by atoms with E-state index in [9.17, 15) is 9.59 Å². The van der Waals surface area contributed by atoms with Crippen molar-refractivity contribution in [1.82, 2.24) is 4.90 Å². The first kappa shape index (κ1) is 19.2. The highest BCUT2D eigenvalue weighted by Gasteiger charge is 2.61. The van der Waals surface area contributed by atoms with Crippen LogP contribution in [0.3, 0.4) is 0 Å². The molecule has 0 aromatic rings. The first-order valence-electron chi connectivity index (χ1n) is 8.92. The van der Waals surface area contributed by atoms with Crippen LogP contribution in [0.2, 0.25) is 16.6 Å². The molecule has 0 aromatic carbocycles. The summed E-state index contributed by atoms with van der Waals surface area (Å²) in [5, 5.41) is 0. The van der Waals surface area contributed by atoms with E-state index in [2.05, 4.69) is 41.5 Å². The van der Waals surface area contributed by atoms with Gasteiger partial charge >= 0.3 is 5.97 Å². The largest absolute Gasteiger partial charge is 0.469 e. The van der Waals surface area contributed by atoms with Crippen molar-refractivity contribution in [2.75, 3.05) is 13.7 Å². The first-order valence-corrected chi connectivity index (χ1v) is 11.1. The van der Waals surface area contributed by atoms with Crippen molar-refractivity contribution in [2.45, 2.75) is 70.3 Å². The fourth-order valence-corrected chi connectivity index (χ4v) is 10.4. The number of carbonyl (C=O) groups excluding carboxylic acids is 2. The van der Waals surface area contributed by atoms with Gasteiger partial charge in [-0.15, -0.1) is 0 Å². The van der Waals surface area contributed by atoms with Crippen LogP contribution in [0.15, 0.2) is 12.2 Å². The van der Waals surface area contributed by atoms with Crippen molar-refractivity contribution in [3.05, 3.63) is 12.2 Å². The van der Waals surface area contributed by atoms with Gasteiger partial charge in [0.2, 0.25) is 14.2 Å². The second kappa shape index (κ2) is 6.63. The zero-order valence-corrected chi connectivity index (χ0v) is 17.0. The van der Waals surface area contributed by atoms with E-state index >= 15 is 0 Å². The number of amides is 1. The van der Waals surface area contributed by atoms with Crippen molar-refractivity contribution in [2.24, 2.45) is 5.92 Å². The summed E-state index contributed by atoms with van der Waals surface area (Å²) in [6.45, 7) is 13.8. The Hall–Kier alpha value is -1.14. The Morgan fingerprint density at radius 1 is 1.21 bits per heavy atom. The van der Waals surface area contributed by atoms with E-state index in [1.807, 2.05) is 0 Å². The summed E-state index contributed by atoms with van der Waals surface area (Å²) in [5.74, 6) is -0.815. The fourth-order valence-electron chi connectivity index (χ4n) is 4.82. The maximum Gasteiger partial charge on any atom is 0.313 e. The number of rotatable bonds is 6. The fraction of sp³-hybridized carbons (Fsp3) is 0.778. The predicted octanol–water partition coefficient (Wildman–Crippen LogP) is 3.47. The lowest BCUT2D eigenvalue weighted by Gasteiger charge is -2.49. The zero-order chi connectivity index (χ0) is 18.3. The van der Waals surface area contributed by atoms with Gasteiger partial charge in [-0.05, 0) is 29.1 Å². The van der Waals surface area contributed by atoms with Gasteiger partial charge in [-0.3, -0.25) is 9.59 Å². The standard InChI is InChI=1S/C18H31NO4Si/c1-12(2)24(13(3)4,14(5)6)23-18-10-8-16(20)19(18)11-9-15(18)17(21)22-7/h8,10,12-15H,9,11H2,1-7H3/t15-,18-/m0/s1. The van der Waals surface area contributed by atoms with Crippen molar-refractivity contribution in [3.8, 4) is 0 Å². The van der Waals surface area contributed by atoms with Crippen LogP contribution in [0.4, 0.5) is 0 Å². The number of esters is 1. The monoisotopic (exact) mass is 353 g/mol. The summed E-state index contributed by atoms with van der Waals surface area (Å²) in [6, 6.07) is 0. The lowest BCUT2D eigenvalue weighted by Crippen LogP contribution is -2.60. The van der Waals surface area contributed by atoms with Crippen LogP contribution in [0.5, 0.6) is 0 Å².